The first kappa shape index (κ1) is 16.0. The van der Waals surface area contributed by atoms with Gasteiger partial charge in [-0.25, -0.2) is 4.39 Å². The molecule has 1 aromatic rings. The van der Waals surface area contributed by atoms with Crippen molar-refractivity contribution in [2.24, 2.45) is 5.92 Å². The van der Waals surface area contributed by atoms with Gasteiger partial charge in [0, 0.05) is 6.42 Å². The van der Waals surface area contributed by atoms with Crippen LogP contribution in [0.3, 0.4) is 0 Å². The summed E-state index contributed by atoms with van der Waals surface area (Å²) < 4.78 is 12.9. The quantitative estimate of drug-likeness (QED) is 0.846. The van der Waals surface area contributed by atoms with Crippen LogP contribution in [0.4, 0.5) is 4.39 Å². The van der Waals surface area contributed by atoms with E-state index in [2.05, 4.69) is 5.32 Å². The van der Waals surface area contributed by atoms with Gasteiger partial charge in [0.05, 0.1) is 6.54 Å². The number of hydrogen-bond acceptors (Lipinski definition) is 2. The van der Waals surface area contributed by atoms with Crippen molar-refractivity contribution in [3.63, 3.8) is 0 Å². The van der Waals surface area contributed by atoms with Gasteiger partial charge in [-0.05, 0) is 37.0 Å². The number of carbonyl (C=O) groups is 1. The number of halogens is 1. The fraction of sp³-hybridized carbons (Fsp3) is 0.588. The van der Waals surface area contributed by atoms with Crippen LogP contribution in [0, 0.1) is 11.7 Å². The van der Waals surface area contributed by atoms with E-state index in [1.165, 1.54) is 37.8 Å². The van der Waals surface area contributed by atoms with Crippen molar-refractivity contribution in [2.45, 2.75) is 51.0 Å². The molecule has 0 radical (unpaired) electrons. The van der Waals surface area contributed by atoms with E-state index in [1.807, 2.05) is 0 Å². The van der Waals surface area contributed by atoms with Gasteiger partial charge in [0.1, 0.15) is 11.4 Å². The summed E-state index contributed by atoms with van der Waals surface area (Å²) in [6, 6.07) is 5.71. The number of benzene rings is 1. The van der Waals surface area contributed by atoms with Crippen LogP contribution < -0.4 is 5.32 Å². The molecule has 0 aliphatic heterocycles. The number of amides is 1. The van der Waals surface area contributed by atoms with E-state index in [9.17, 15) is 14.3 Å². The molecule has 4 heteroatoms. The highest BCUT2D eigenvalue weighted by molar-refractivity contribution is 5.75. The molecule has 2 N–H and O–H groups in total. The van der Waals surface area contributed by atoms with E-state index >= 15 is 0 Å². The Balaban J connectivity index is 1.77. The van der Waals surface area contributed by atoms with Gasteiger partial charge >= 0.3 is 0 Å². The summed E-state index contributed by atoms with van der Waals surface area (Å²) in [6.07, 6.45) is 6.49. The first-order valence-corrected chi connectivity index (χ1v) is 7.72. The Bertz CT molecular complexity index is 464. The summed E-state index contributed by atoms with van der Waals surface area (Å²) in [6.45, 7) is 1.76. The number of nitrogens with one attached hydrogen (secondary N) is 1. The Morgan fingerprint density at radius 2 is 1.95 bits per heavy atom. The third kappa shape index (κ3) is 4.81. The van der Waals surface area contributed by atoms with Crippen molar-refractivity contribution in [3.8, 4) is 0 Å². The van der Waals surface area contributed by atoms with Crippen LogP contribution in [-0.2, 0) is 10.4 Å². The molecule has 1 amide bonds. The predicted octanol–water partition coefficient (Wildman–Crippen LogP) is 3.12. The number of carbonyl (C=O) groups excluding carboxylic acids is 1. The van der Waals surface area contributed by atoms with Crippen LogP contribution in [-0.4, -0.2) is 17.6 Å². The maximum Gasteiger partial charge on any atom is 0.220 e. The van der Waals surface area contributed by atoms with Crippen LogP contribution in [0.5, 0.6) is 0 Å². The average molecular weight is 293 g/mol. The first-order valence-electron chi connectivity index (χ1n) is 7.72. The molecule has 1 aromatic carbocycles. The van der Waals surface area contributed by atoms with Crippen LogP contribution in [0.1, 0.15) is 51.0 Å². The Kier molecular flexibility index (Phi) is 5.34. The van der Waals surface area contributed by atoms with Gasteiger partial charge < -0.3 is 10.4 Å². The van der Waals surface area contributed by atoms with Crippen LogP contribution in [0.25, 0.3) is 0 Å². The molecule has 1 unspecified atom stereocenters. The monoisotopic (exact) mass is 293 g/mol. The predicted molar refractivity (Wildman–Crippen MR) is 80.2 cm³/mol. The van der Waals surface area contributed by atoms with E-state index in [1.54, 1.807) is 19.1 Å². The lowest BCUT2D eigenvalue weighted by Crippen LogP contribution is -2.38. The van der Waals surface area contributed by atoms with Gasteiger partial charge in [0.2, 0.25) is 5.91 Å². The summed E-state index contributed by atoms with van der Waals surface area (Å²) in [5.41, 5.74) is -0.587. The minimum absolute atomic E-state index is 0.0238. The van der Waals surface area contributed by atoms with Crippen LogP contribution >= 0.6 is 0 Å². The van der Waals surface area contributed by atoms with Crippen molar-refractivity contribution < 1.29 is 14.3 Å². The molecule has 3 nitrogen and oxygen atoms in total. The van der Waals surface area contributed by atoms with Crippen molar-refractivity contribution in [1.29, 1.82) is 0 Å². The molecular formula is C17H24FNO2. The van der Waals surface area contributed by atoms with E-state index in [4.69, 9.17) is 0 Å². The zero-order valence-corrected chi connectivity index (χ0v) is 12.6. The molecule has 1 fully saturated rings. The van der Waals surface area contributed by atoms with Gasteiger partial charge in [-0.3, -0.25) is 4.79 Å². The Morgan fingerprint density at radius 3 is 2.57 bits per heavy atom. The molecule has 1 atom stereocenters. The van der Waals surface area contributed by atoms with Crippen molar-refractivity contribution >= 4 is 5.91 Å². The van der Waals surface area contributed by atoms with Gasteiger partial charge in [0.25, 0.3) is 0 Å². The number of hydrogen-bond donors (Lipinski definition) is 2. The molecule has 0 saturated heterocycles. The zero-order chi connectivity index (χ0) is 15.3. The zero-order valence-electron chi connectivity index (χ0n) is 12.6. The minimum Gasteiger partial charge on any atom is -0.384 e. The summed E-state index contributed by atoms with van der Waals surface area (Å²) in [7, 11) is 0. The lowest BCUT2D eigenvalue weighted by Gasteiger charge is -2.24. The molecule has 1 aliphatic rings. The SMILES string of the molecule is CC(O)(CNC(=O)CCC1CCCC1)c1ccc(F)cc1. The smallest absolute Gasteiger partial charge is 0.220 e. The minimum atomic E-state index is -1.18. The molecule has 21 heavy (non-hydrogen) atoms. The average Bonchev–Trinajstić information content (AvgIpc) is 2.97. The lowest BCUT2D eigenvalue weighted by atomic mass is 9.95. The molecule has 116 valence electrons. The molecule has 1 saturated carbocycles. The van der Waals surface area contributed by atoms with Gasteiger partial charge in [-0.1, -0.05) is 37.8 Å². The summed E-state index contributed by atoms with van der Waals surface area (Å²) in [5.74, 6) is 0.327. The highest BCUT2D eigenvalue weighted by atomic mass is 19.1. The second-order valence-corrected chi connectivity index (χ2v) is 6.25. The fourth-order valence-corrected chi connectivity index (χ4v) is 2.90. The third-order valence-electron chi connectivity index (χ3n) is 4.35. The Morgan fingerprint density at radius 1 is 1.33 bits per heavy atom. The number of rotatable bonds is 6. The second-order valence-electron chi connectivity index (χ2n) is 6.25. The summed E-state index contributed by atoms with van der Waals surface area (Å²) in [5, 5.41) is 13.1. The topological polar surface area (TPSA) is 49.3 Å². The molecule has 2 rings (SSSR count). The van der Waals surface area contributed by atoms with Gasteiger partial charge in [-0.2, -0.15) is 0 Å². The molecular weight excluding hydrogens is 269 g/mol. The highest BCUT2D eigenvalue weighted by Crippen LogP contribution is 2.28. The molecule has 0 aromatic heterocycles. The van der Waals surface area contributed by atoms with Crippen LogP contribution in [0.2, 0.25) is 0 Å². The van der Waals surface area contributed by atoms with E-state index in [0.717, 1.165) is 6.42 Å². The lowest BCUT2D eigenvalue weighted by molar-refractivity contribution is -0.122. The Hall–Kier alpha value is -1.42. The van der Waals surface area contributed by atoms with Gasteiger partial charge in [-0.15, -0.1) is 0 Å². The van der Waals surface area contributed by atoms with E-state index in [0.29, 0.717) is 17.9 Å². The largest absolute Gasteiger partial charge is 0.384 e. The summed E-state index contributed by atoms with van der Waals surface area (Å²) in [4.78, 5) is 11.8. The number of aliphatic hydroxyl groups is 1. The van der Waals surface area contributed by atoms with Crippen LogP contribution in [0.15, 0.2) is 24.3 Å². The summed E-state index contributed by atoms with van der Waals surface area (Å²) >= 11 is 0. The second kappa shape index (κ2) is 7.03. The molecule has 0 spiro atoms. The normalized spacial score (nSPS) is 18.4. The molecule has 1 aliphatic carbocycles. The molecule has 0 heterocycles. The van der Waals surface area contributed by atoms with E-state index < -0.39 is 5.60 Å². The van der Waals surface area contributed by atoms with Gasteiger partial charge in [0.15, 0.2) is 0 Å². The third-order valence-corrected chi connectivity index (χ3v) is 4.35. The molecule has 0 bridgehead atoms. The van der Waals surface area contributed by atoms with Crippen molar-refractivity contribution in [1.82, 2.24) is 5.32 Å². The first-order chi connectivity index (χ1) is 9.97. The Labute approximate surface area is 125 Å². The standard InChI is InChI=1S/C17H24FNO2/c1-17(21,14-7-9-15(18)10-8-14)12-19-16(20)11-6-13-4-2-3-5-13/h7-10,13,21H,2-6,11-12H2,1H3,(H,19,20). The van der Waals surface area contributed by atoms with Crippen molar-refractivity contribution in [2.75, 3.05) is 6.54 Å². The maximum atomic E-state index is 12.9. The fourth-order valence-electron chi connectivity index (χ4n) is 2.90. The van der Waals surface area contributed by atoms with Crippen molar-refractivity contribution in [3.05, 3.63) is 35.6 Å². The highest BCUT2D eigenvalue weighted by Gasteiger charge is 2.24. The maximum absolute atomic E-state index is 12.9. The van der Waals surface area contributed by atoms with E-state index in [-0.39, 0.29) is 18.3 Å².